The van der Waals surface area contributed by atoms with Crippen LogP contribution in [0.4, 0.5) is 0 Å². The molecule has 25 heavy (non-hydrogen) atoms. The summed E-state index contributed by atoms with van der Waals surface area (Å²) in [6.45, 7) is 5.82. The minimum Gasteiger partial charge on any atom is -0.337 e. The Morgan fingerprint density at radius 2 is 1.92 bits per heavy atom. The maximum atomic E-state index is 13.1. The second kappa shape index (κ2) is 6.48. The van der Waals surface area contributed by atoms with Crippen molar-refractivity contribution >= 4 is 17.2 Å². The number of thiophene rings is 1. The molecule has 0 aliphatic carbocycles. The highest BCUT2D eigenvalue weighted by atomic mass is 32.1. The van der Waals surface area contributed by atoms with Gasteiger partial charge >= 0.3 is 0 Å². The Kier molecular flexibility index (Phi) is 4.17. The van der Waals surface area contributed by atoms with Gasteiger partial charge in [0.25, 0.3) is 5.91 Å². The van der Waals surface area contributed by atoms with Gasteiger partial charge in [-0.2, -0.15) is 5.10 Å². The maximum Gasteiger partial charge on any atom is 0.272 e. The second-order valence-electron chi connectivity index (χ2n) is 6.59. The summed E-state index contributed by atoms with van der Waals surface area (Å²) in [5, 5.41) is 6.82. The van der Waals surface area contributed by atoms with E-state index in [4.69, 9.17) is 5.10 Å². The summed E-state index contributed by atoms with van der Waals surface area (Å²) < 4.78 is 1.82. The summed E-state index contributed by atoms with van der Waals surface area (Å²) in [4.78, 5) is 16.1. The Labute approximate surface area is 151 Å². The smallest absolute Gasteiger partial charge is 0.272 e. The van der Waals surface area contributed by atoms with E-state index in [0.29, 0.717) is 5.69 Å². The van der Waals surface area contributed by atoms with Crippen molar-refractivity contribution in [2.75, 3.05) is 13.1 Å². The molecular weight excluding hydrogens is 330 g/mol. The molecule has 1 fully saturated rings. The third-order valence-corrected chi connectivity index (χ3v) is 5.57. The fourth-order valence-corrected chi connectivity index (χ4v) is 4.07. The quantitative estimate of drug-likeness (QED) is 0.699. The van der Waals surface area contributed by atoms with Crippen LogP contribution in [0.25, 0.3) is 16.3 Å². The SMILES string of the molecule is Cc1ccc(-n2nc(-c3cccs3)cc2C(=O)N2CCCC2)c(C)c1. The minimum absolute atomic E-state index is 0.0766. The Balaban J connectivity index is 1.84. The first kappa shape index (κ1) is 16.1. The monoisotopic (exact) mass is 351 g/mol. The van der Waals surface area contributed by atoms with E-state index in [1.165, 1.54) is 5.56 Å². The number of nitrogens with zero attached hydrogens (tertiary/aromatic N) is 3. The molecule has 0 N–H and O–H groups in total. The molecular formula is C20H21N3OS. The van der Waals surface area contributed by atoms with Crippen molar-refractivity contribution < 1.29 is 4.79 Å². The fraction of sp³-hybridized carbons (Fsp3) is 0.300. The van der Waals surface area contributed by atoms with Crippen LogP contribution < -0.4 is 0 Å². The number of likely N-dealkylation sites (tertiary alicyclic amines) is 1. The Hall–Kier alpha value is -2.40. The van der Waals surface area contributed by atoms with Crippen LogP contribution in [0.3, 0.4) is 0 Å². The number of carbonyl (C=O) groups is 1. The zero-order valence-electron chi connectivity index (χ0n) is 14.5. The van der Waals surface area contributed by atoms with Gasteiger partial charge in [0.05, 0.1) is 10.6 Å². The van der Waals surface area contributed by atoms with Gasteiger partial charge in [-0.15, -0.1) is 11.3 Å². The number of benzene rings is 1. The summed E-state index contributed by atoms with van der Waals surface area (Å²) in [6, 6.07) is 12.2. The number of carbonyl (C=O) groups excluding carboxylic acids is 1. The number of hydrogen-bond acceptors (Lipinski definition) is 3. The molecule has 0 unspecified atom stereocenters. The molecule has 1 aliphatic rings. The lowest BCUT2D eigenvalue weighted by molar-refractivity contribution is 0.0784. The van der Waals surface area contributed by atoms with Crippen LogP contribution in [-0.4, -0.2) is 33.7 Å². The van der Waals surface area contributed by atoms with Crippen LogP contribution in [0.1, 0.15) is 34.5 Å². The molecule has 0 bridgehead atoms. The summed E-state index contributed by atoms with van der Waals surface area (Å²) in [7, 11) is 0. The summed E-state index contributed by atoms with van der Waals surface area (Å²) in [6.07, 6.45) is 2.17. The number of rotatable bonds is 3. The topological polar surface area (TPSA) is 38.1 Å². The van der Waals surface area contributed by atoms with Crippen LogP contribution in [-0.2, 0) is 0 Å². The molecule has 4 nitrogen and oxygen atoms in total. The summed E-state index contributed by atoms with van der Waals surface area (Å²) in [5.41, 5.74) is 4.81. The van der Waals surface area contributed by atoms with Crippen LogP contribution in [0, 0.1) is 13.8 Å². The van der Waals surface area contributed by atoms with E-state index in [0.717, 1.165) is 47.8 Å². The van der Waals surface area contributed by atoms with Crippen molar-refractivity contribution in [3.63, 3.8) is 0 Å². The van der Waals surface area contributed by atoms with Gasteiger partial charge < -0.3 is 4.90 Å². The molecule has 0 radical (unpaired) electrons. The molecule has 4 rings (SSSR count). The van der Waals surface area contributed by atoms with E-state index in [9.17, 15) is 4.79 Å². The van der Waals surface area contributed by atoms with Gasteiger partial charge in [-0.25, -0.2) is 4.68 Å². The molecule has 0 saturated carbocycles. The Morgan fingerprint density at radius 3 is 2.60 bits per heavy atom. The molecule has 128 valence electrons. The fourth-order valence-electron chi connectivity index (χ4n) is 3.39. The molecule has 0 atom stereocenters. The lowest BCUT2D eigenvalue weighted by Gasteiger charge is -2.17. The third-order valence-electron chi connectivity index (χ3n) is 4.68. The number of amides is 1. The molecule has 5 heteroatoms. The van der Waals surface area contributed by atoms with Gasteiger partial charge in [0, 0.05) is 13.1 Å². The first-order valence-electron chi connectivity index (χ1n) is 8.64. The Morgan fingerprint density at radius 1 is 1.12 bits per heavy atom. The van der Waals surface area contributed by atoms with E-state index in [-0.39, 0.29) is 5.91 Å². The maximum absolute atomic E-state index is 13.1. The predicted octanol–water partition coefficient (Wildman–Crippen LogP) is 4.45. The molecule has 1 amide bonds. The van der Waals surface area contributed by atoms with Crippen LogP contribution in [0.2, 0.25) is 0 Å². The third kappa shape index (κ3) is 3.00. The van der Waals surface area contributed by atoms with Crippen LogP contribution in [0.15, 0.2) is 41.8 Å². The Bertz CT molecular complexity index is 905. The highest BCUT2D eigenvalue weighted by Gasteiger charge is 2.25. The molecule has 1 aromatic carbocycles. The normalized spacial score (nSPS) is 14.2. The van der Waals surface area contributed by atoms with Crippen molar-refractivity contribution in [1.29, 1.82) is 0 Å². The molecule has 1 aliphatic heterocycles. The van der Waals surface area contributed by atoms with Crippen molar-refractivity contribution in [2.24, 2.45) is 0 Å². The van der Waals surface area contributed by atoms with Crippen LogP contribution in [0.5, 0.6) is 0 Å². The molecule has 0 spiro atoms. The molecule has 1 saturated heterocycles. The van der Waals surface area contributed by atoms with E-state index in [1.807, 2.05) is 33.2 Å². The zero-order valence-corrected chi connectivity index (χ0v) is 15.3. The molecule has 2 aromatic heterocycles. The van der Waals surface area contributed by atoms with Crippen molar-refractivity contribution in [3.8, 4) is 16.3 Å². The predicted molar refractivity (Wildman–Crippen MR) is 101 cm³/mol. The van der Waals surface area contributed by atoms with Crippen molar-refractivity contribution in [3.05, 3.63) is 58.6 Å². The standard InChI is InChI=1S/C20H21N3OS/c1-14-7-8-17(15(2)12-14)23-18(20(24)22-9-3-4-10-22)13-16(21-23)19-6-5-11-25-19/h5-8,11-13H,3-4,9-10H2,1-2H3. The highest BCUT2D eigenvalue weighted by Crippen LogP contribution is 2.28. The average Bonchev–Trinajstić information content (AvgIpc) is 3.34. The first-order valence-corrected chi connectivity index (χ1v) is 9.52. The summed E-state index contributed by atoms with van der Waals surface area (Å²) in [5.74, 6) is 0.0766. The van der Waals surface area contributed by atoms with E-state index in [2.05, 4.69) is 32.0 Å². The number of aromatic nitrogens is 2. The number of aryl methyl sites for hydroxylation is 2. The van der Waals surface area contributed by atoms with E-state index >= 15 is 0 Å². The van der Waals surface area contributed by atoms with Gasteiger partial charge in [-0.1, -0.05) is 23.8 Å². The van der Waals surface area contributed by atoms with Crippen molar-refractivity contribution in [2.45, 2.75) is 26.7 Å². The lowest BCUT2D eigenvalue weighted by atomic mass is 10.1. The van der Waals surface area contributed by atoms with Gasteiger partial charge in [0.2, 0.25) is 0 Å². The van der Waals surface area contributed by atoms with Crippen molar-refractivity contribution in [1.82, 2.24) is 14.7 Å². The minimum atomic E-state index is 0.0766. The van der Waals surface area contributed by atoms with E-state index < -0.39 is 0 Å². The summed E-state index contributed by atoms with van der Waals surface area (Å²) >= 11 is 1.64. The average molecular weight is 351 g/mol. The second-order valence-corrected chi connectivity index (χ2v) is 7.54. The van der Waals surface area contributed by atoms with Gasteiger partial charge in [0.1, 0.15) is 11.4 Å². The highest BCUT2D eigenvalue weighted by molar-refractivity contribution is 7.13. The first-order chi connectivity index (χ1) is 12.1. The van der Waals surface area contributed by atoms with Gasteiger partial charge in [0.15, 0.2) is 0 Å². The largest absolute Gasteiger partial charge is 0.337 e. The number of hydrogen-bond donors (Lipinski definition) is 0. The van der Waals surface area contributed by atoms with Crippen LogP contribution >= 0.6 is 11.3 Å². The molecule has 3 aromatic rings. The lowest BCUT2D eigenvalue weighted by Crippen LogP contribution is -2.29. The molecule has 3 heterocycles. The van der Waals surface area contributed by atoms with E-state index in [1.54, 1.807) is 11.3 Å². The zero-order chi connectivity index (χ0) is 17.4. The van der Waals surface area contributed by atoms with Gasteiger partial charge in [-0.3, -0.25) is 4.79 Å². The van der Waals surface area contributed by atoms with Gasteiger partial charge in [-0.05, 0) is 55.8 Å².